The highest BCUT2D eigenvalue weighted by Gasteiger charge is 2.10. The fourth-order valence-electron chi connectivity index (χ4n) is 3.99. The van der Waals surface area contributed by atoms with E-state index >= 15 is 0 Å². The van der Waals surface area contributed by atoms with Gasteiger partial charge in [-0.25, -0.2) is 4.98 Å². The molecule has 0 radical (unpaired) electrons. The van der Waals surface area contributed by atoms with Crippen LogP contribution >= 0.6 is 0 Å². The van der Waals surface area contributed by atoms with Gasteiger partial charge in [0.15, 0.2) is 0 Å². The summed E-state index contributed by atoms with van der Waals surface area (Å²) >= 11 is 0. The van der Waals surface area contributed by atoms with Crippen molar-refractivity contribution in [3.63, 3.8) is 0 Å². The SMILES string of the molecule is NC(=O)c1cn(CC(O)CCCc2ccccc2OCCOc2ccc(-c3ccccc3)cc2)cn1. The molecule has 1 atom stereocenters. The number of nitrogens with zero attached hydrogens (tertiary/aromatic N) is 2. The zero-order valence-corrected chi connectivity index (χ0v) is 20.1. The Hall–Kier alpha value is -4.10. The molecule has 4 aromatic rings. The van der Waals surface area contributed by atoms with Crippen LogP contribution < -0.4 is 15.2 Å². The molecular formula is C29H31N3O4. The maximum Gasteiger partial charge on any atom is 0.268 e. The highest BCUT2D eigenvalue weighted by molar-refractivity contribution is 5.90. The molecule has 0 bridgehead atoms. The smallest absolute Gasteiger partial charge is 0.268 e. The molecule has 1 amide bonds. The summed E-state index contributed by atoms with van der Waals surface area (Å²) in [7, 11) is 0. The van der Waals surface area contributed by atoms with E-state index in [4.69, 9.17) is 15.2 Å². The Morgan fingerprint density at radius 1 is 0.917 bits per heavy atom. The van der Waals surface area contributed by atoms with Gasteiger partial charge in [0, 0.05) is 12.7 Å². The number of carbonyl (C=O) groups excluding carboxylic acids is 1. The Morgan fingerprint density at radius 2 is 1.61 bits per heavy atom. The summed E-state index contributed by atoms with van der Waals surface area (Å²) in [6.45, 7) is 1.24. The number of para-hydroxylation sites is 1. The van der Waals surface area contributed by atoms with Crippen LogP contribution in [-0.4, -0.2) is 39.9 Å². The number of aryl methyl sites for hydroxylation is 1. The monoisotopic (exact) mass is 485 g/mol. The second-order valence-corrected chi connectivity index (χ2v) is 8.56. The molecule has 3 aromatic carbocycles. The van der Waals surface area contributed by atoms with Gasteiger partial charge >= 0.3 is 0 Å². The van der Waals surface area contributed by atoms with Gasteiger partial charge in [-0.2, -0.15) is 0 Å². The summed E-state index contributed by atoms with van der Waals surface area (Å²) in [6, 6.07) is 26.2. The number of hydrogen-bond acceptors (Lipinski definition) is 5. The van der Waals surface area contributed by atoms with E-state index in [1.807, 2.05) is 54.6 Å². The lowest BCUT2D eigenvalue weighted by molar-refractivity contribution is 0.0995. The van der Waals surface area contributed by atoms with E-state index in [9.17, 15) is 9.90 Å². The topological polar surface area (TPSA) is 99.6 Å². The lowest BCUT2D eigenvalue weighted by Crippen LogP contribution is -2.16. The van der Waals surface area contributed by atoms with Crippen LogP contribution in [0.25, 0.3) is 11.1 Å². The van der Waals surface area contributed by atoms with Crippen LogP contribution in [0.1, 0.15) is 28.9 Å². The van der Waals surface area contributed by atoms with Crippen LogP contribution in [0.15, 0.2) is 91.4 Å². The third-order valence-electron chi connectivity index (χ3n) is 5.83. The van der Waals surface area contributed by atoms with Crippen LogP contribution in [-0.2, 0) is 13.0 Å². The van der Waals surface area contributed by atoms with E-state index < -0.39 is 12.0 Å². The van der Waals surface area contributed by atoms with Gasteiger partial charge < -0.3 is 24.9 Å². The van der Waals surface area contributed by atoms with Crippen molar-refractivity contribution in [1.82, 2.24) is 9.55 Å². The zero-order chi connectivity index (χ0) is 25.2. The molecule has 1 aromatic heterocycles. The number of carbonyl (C=O) groups is 1. The maximum absolute atomic E-state index is 11.2. The standard InChI is InChI=1S/C29H31N3O4/c30-29(34)27-20-32(21-31-27)19-25(33)11-6-10-24-9-4-5-12-28(24)36-18-17-35-26-15-13-23(14-16-26)22-7-2-1-3-8-22/h1-5,7-9,12-16,20-21,25,33H,6,10-11,17-19H2,(H2,30,34). The fraction of sp³-hybridized carbons (Fsp3) is 0.241. The average Bonchev–Trinajstić information content (AvgIpc) is 3.37. The molecule has 0 aliphatic heterocycles. The molecular weight excluding hydrogens is 454 g/mol. The lowest BCUT2D eigenvalue weighted by atomic mass is 10.0. The quantitative estimate of drug-likeness (QED) is 0.272. The number of nitrogens with two attached hydrogens (primary N) is 1. The van der Waals surface area contributed by atoms with Gasteiger partial charge in [-0.05, 0) is 54.2 Å². The summed E-state index contributed by atoms with van der Waals surface area (Å²) in [4.78, 5) is 15.1. The van der Waals surface area contributed by atoms with Crippen molar-refractivity contribution in [2.24, 2.45) is 5.73 Å². The molecule has 7 heteroatoms. The third-order valence-corrected chi connectivity index (χ3v) is 5.83. The molecule has 1 unspecified atom stereocenters. The Balaban J connectivity index is 1.19. The van der Waals surface area contributed by atoms with Crippen LogP contribution in [0.4, 0.5) is 0 Å². The molecule has 7 nitrogen and oxygen atoms in total. The van der Waals surface area contributed by atoms with Crippen molar-refractivity contribution < 1.29 is 19.4 Å². The van der Waals surface area contributed by atoms with E-state index in [-0.39, 0.29) is 5.69 Å². The summed E-state index contributed by atoms with van der Waals surface area (Å²) < 4.78 is 13.5. The van der Waals surface area contributed by atoms with Crippen molar-refractivity contribution in [2.45, 2.75) is 31.9 Å². The molecule has 4 rings (SSSR count). The number of benzene rings is 3. The molecule has 0 aliphatic carbocycles. The van der Waals surface area contributed by atoms with Gasteiger partial charge in [0.1, 0.15) is 30.4 Å². The molecule has 186 valence electrons. The van der Waals surface area contributed by atoms with Crippen LogP contribution in [0.5, 0.6) is 11.5 Å². The van der Waals surface area contributed by atoms with Crippen molar-refractivity contribution >= 4 is 5.91 Å². The van der Waals surface area contributed by atoms with Crippen LogP contribution in [0.2, 0.25) is 0 Å². The highest BCUT2D eigenvalue weighted by atomic mass is 16.5. The molecule has 0 aliphatic rings. The number of ether oxygens (including phenoxy) is 2. The Morgan fingerprint density at radius 3 is 2.36 bits per heavy atom. The predicted molar refractivity (Wildman–Crippen MR) is 139 cm³/mol. The number of aromatic nitrogens is 2. The Labute approximate surface area is 211 Å². The van der Waals surface area contributed by atoms with Gasteiger partial charge in [0.25, 0.3) is 5.91 Å². The summed E-state index contributed by atoms with van der Waals surface area (Å²) in [6.07, 6.45) is 4.70. The molecule has 1 heterocycles. The second-order valence-electron chi connectivity index (χ2n) is 8.56. The third kappa shape index (κ3) is 7.20. The number of rotatable bonds is 13. The molecule has 3 N–H and O–H groups in total. The van der Waals surface area contributed by atoms with Crippen molar-refractivity contribution in [2.75, 3.05) is 13.2 Å². The minimum Gasteiger partial charge on any atom is -0.490 e. The molecule has 0 saturated carbocycles. The number of primary amides is 1. The van der Waals surface area contributed by atoms with Crippen LogP contribution in [0, 0.1) is 0 Å². The van der Waals surface area contributed by atoms with E-state index in [2.05, 4.69) is 29.2 Å². The first-order valence-corrected chi connectivity index (χ1v) is 12.1. The minimum absolute atomic E-state index is 0.196. The number of aliphatic hydroxyl groups is 1. The number of amides is 1. The first-order chi connectivity index (χ1) is 17.6. The molecule has 0 fully saturated rings. The van der Waals surface area contributed by atoms with Crippen LogP contribution in [0.3, 0.4) is 0 Å². The van der Waals surface area contributed by atoms with Gasteiger partial charge in [-0.15, -0.1) is 0 Å². The highest BCUT2D eigenvalue weighted by Crippen LogP contribution is 2.23. The largest absolute Gasteiger partial charge is 0.490 e. The first-order valence-electron chi connectivity index (χ1n) is 12.1. The summed E-state index contributed by atoms with van der Waals surface area (Å²) in [5.74, 6) is 1.06. The van der Waals surface area contributed by atoms with Crippen molar-refractivity contribution in [1.29, 1.82) is 0 Å². The summed E-state index contributed by atoms with van der Waals surface area (Å²) in [5, 5.41) is 10.3. The van der Waals surface area contributed by atoms with E-state index in [0.717, 1.165) is 35.5 Å². The Kier molecular flexibility index (Phi) is 8.72. The number of aliphatic hydroxyl groups excluding tert-OH is 1. The number of imidazole rings is 1. The number of hydrogen-bond donors (Lipinski definition) is 2. The minimum atomic E-state index is -0.578. The maximum atomic E-state index is 11.2. The first kappa shape index (κ1) is 25.0. The molecule has 0 saturated heterocycles. The van der Waals surface area contributed by atoms with Gasteiger partial charge in [-0.3, -0.25) is 4.79 Å². The fourth-order valence-corrected chi connectivity index (χ4v) is 3.99. The zero-order valence-electron chi connectivity index (χ0n) is 20.1. The van der Waals surface area contributed by atoms with E-state index in [0.29, 0.717) is 26.2 Å². The van der Waals surface area contributed by atoms with Gasteiger partial charge in [0.2, 0.25) is 0 Å². The normalized spacial score (nSPS) is 11.7. The van der Waals surface area contributed by atoms with Crippen molar-refractivity contribution in [3.8, 4) is 22.6 Å². The van der Waals surface area contributed by atoms with E-state index in [1.165, 1.54) is 11.9 Å². The van der Waals surface area contributed by atoms with Gasteiger partial charge in [0.05, 0.1) is 12.4 Å². The lowest BCUT2D eigenvalue weighted by Gasteiger charge is -2.14. The second kappa shape index (κ2) is 12.6. The van der Waals surface area contributed by atoms with Crippen molar-refractivity contribution in [3.05, 3.63) is 103 Å². The van der Waals surface area contributed by atoms with E-state index in [1.54, 1.807) is 10.8 Å². The Bertz CT molecular complexity index is 1240. The van der Waals surface area contributed by atoms with Gasteiger partial charge in [-0.1, -0.05) is 60.7 Å². The molecule has 36 heavy (non-hydrogen) atoms. The average molecular weight is 486 g/mol. The predicted octanol–water partition coefficient (Wildman–Crippen LogP) is 4.49. The summed E-state index contributed by atoms with van der Waals surface area (Å²) in [5.41, 5.74) is 8.84. The molecule has 0 spiro atoms.